The van der Waals surface area contributed by atoms with Crippen molar-refractivity contribution in [2.24, 2.45) is 0 Å². The molecule has 2 heteroatoms. The van der Waals surface area contributed by atoms with Gasteiger partial charge < -0.3 is 5.32 Å². The molecule has 0 radical (unpaired) electrons. The van der Waals surface area contributed by atoms with Crippen molar-refractivity contribution in [2.45, 2.75) is 52.7 Å². The highest BCUT2D eigenvalue weighted by molar-refractivity contribution is 5.22. The maximum Gasteiger partial charge on any atom is 0.0601 e. The summed E-state index contributed by atoms with van der Waals surface area (Å²) in [5.74, 6) is 2.74. The zero-order valence-corrected chi connectivity index (χ0v) is 13.4. The van der Waals surface area contributed by atoms with Crippen LogP contribution in [0.25, 0.3) is 0 Å². The average molecular weight is 272 g/mol. The van der Waals surface area contributed by atoms with Gasteiger partial charge in [-0.25, -0.2) is 0 Å². The van der Waals surface area contributed by atoms with Crippen LogP contribution in [-0.2, 0) is 13.1 Å². The van der Waals surface area contributed by atoms with Crippen molar-refractivity contribution in [2.75, 3.05) is 13.1 Å². The molecule has 0 heterocycles. The maximum atomic E-state index is 5.42. The molecule has 0 amide bonds. The van der Waals surface area contributed by atoms with Gasteiger partial charge in [-0.15, -0.1) is 6.42 Å². The van der Waals surface area contributed by atoms with Crippen molar-refractivity contribution in [3.63, 3.8) is 0 Å². The van der Waals surface area contributed by atoms with E-state index in [-0.39, 0.29) is 5.54 Å². The van der Waals surface area contributed by atoms with Crippen LogP contribution in [0, 0.1) is 12.3 Å². The molecule has 0 aromatic heterocycles. The lowest BCUT2D eigenvalue weighted by Gasteiger charge is -2.21. The van der Waals surface area contributed by atoms with Crippen molar-refractivity contribution < 1.29 is 0 Å². The Bertz CT molecular complexity index is 420. The second-order valence-corrected chi connectivity index (χ2v) is 6.33. The Balaban J connectivity index is 2.55. The van der Waals surface area contributed by atoms with E-state index < -0.39 is 0 Å². The van der Waals surface area contributed by atoms with Gasteiger partial charge in [0.2, 0.25) is 0 Å². The lowest BCUT2D eigenvalue weighted by atomic mass is 10.1. The maximum absolute atomic E-state index is 5.42. The molecule has 0 saturated carbocycles. The van der Waals surface area contributed by atoms with E-state index in [0.717, 1.165) is 32.6 Å². The molecular weight excluding hydrogens is 244 g/mol. The molecule has 20 heavy (non-hydrogen) atoms. The summed E-state index contributed by atoms with van der Waals surface area (Å²) in [7, 11) is 0. The van der Waals surface area contributed by atoms with Crippen LogP contribution in [0.15, 0.2) is 24.3 Å². The van der Waals surface area contributed by atoms with Gasteiger partial charge in [0, 0.05) is 18.6 Å². The second kappa shape index (κ2) is 8.09. The van der Waals surface area contributed by atoms with Gasteiger partial charge in [-0.1, -0.05) is 37.1 Å². The summed E-state index contributed by atoms with van der Waals surface area (Å²) >= 11 is 0. The molecule has 1 N–H and O–H groups in total. The normalized spacial score (nSPS) is 11.6. The van der Waals surface area contributed by atoms with E-state index in [9.17, 15) is 0 Å². The molecule has 0 spiro atoms. The Labute approximate surface area is 124 Å². The summed E-state index contributed by atoms with van der Waals surface area (Å²) in [6, 6.07) is 8.82. The van der Waals surface area contributed by atoms with E-state index in [1.807, 2.05) is 0 Å². The minimum absolute atomic E-state index is 0.156. The van der Waals surface area contributed by atoms with E-state index in [2.05, 4.69) is 68.1 Å². The molecule has 1 rings (SSSR count). The van der Waals surface area contributed by atoms with Crippen LogP contribution in [-0.4, -0.2) is 23.5 Å². The summed E-state index contributed by atoms with van der Waals surface area (Å²) in [4.78, 5) is 2.31. The van der Waals surface area contributed by atoms with Crippen LogP contribution >= 0.6 is 0 Å². The minimum atomic E-state index is 0.156. The first-order valence-electron chi connectivity index (χ1n) is 7.43. The van der Waals surface area contributed by atoms with Crippen molar-refractivity contribution in [1.82, 2.24) is 10.2 Å². The summed E-state index contributed by atoms with van der Waals surface area (Å²) < 4.78 is 0. The topological polar surface area (TPSA) is 15.3 Å². The highest BCUT2D eigenvalue weighted by atomic mass is 15.1. The Kier molecular flexibility index (Phi) is 6.78. The Morgan fingerprint density at radius 2 is 1.75 bits per heavy atom. The Hall–Kier alpha value is -1.30. The monoisotopic (exact) mass is 272 g/mol. The average Bonchev–Trinajstić information content (AvgIpc) is 2.38. The van der Waals surface area contributed by atoms with Gasteiger partial charge in [-0.3, -0.25) is 4.90 Å². The highest BCUT2D eigenvalue weighted by Crippen LogP contribution is 2.09. The van der Waals surface area contributed by atoms with Gasteiger partial charge in [-0.2, -0.15) is 0 Å². The van der Waals surface area contributed by atoms with Gasteiger partial charge in [0.05, 0.1) is 6.54 Å². The smallest absolute Gasteiger partial charge is 0.0601 e. The zero-order valence-electron chi connectivity index (χ0n) is 13.4. The van der Waals surface area contributed by atoms with Gasteiger partial charge in [0.1, 0.15) is 0 Å². The first-order valence-corrected chi connectivity index (χ1v) is 7.43. The molecule has 0 fully saturated rings. The molecule has 2 nitrogen and oxygen atoms in total. The molecule has 110 valence electrons. The molecule has 0 aliphatic carbocycles. The predicted octanol–water partition coefficient (Wildman–Crippen LogP) is 3.42. The van der Waals surface area contributed by atoms with E-state index in [4.69, 9.17) is 6.42 Å². The molecule has 1 aromatic carbocycles. The van der Waals surface area contributed by atoms with Gasteiger partial charge >= 0.3 is 0 Å². The fourth-order valence-electron chi connectivity index (χ4n) is 2.05. The number of nitrogens with zero attached hydrogens (tertiary/aromatic N) is 1. The van der Waals surface area contributed by atoms with Crippen molar-refractivity contribution in [3.05, 3.63) is 35.4 Å². The third kappa shape index (κ3) is 6.75. The summed E-state index contributed by atoms with van der Waals surface area (Å²) in [6.07, 6.45) is 6.55. The third-order valence-electron chi connectivity index (χ3n) is 3.11. The van der Waals surface area contributed by atoms with Crippen molar-refractivity contribution in [3.8, 4) is 12.3 Å². The second-order valence-electron chi connectivity index (χ2n) is 6.33. The van der Waals surface area contributed by atoms with Crippen LogP contribution < -0.4 is 5.32 Å². The quantitative estimate of drug-likeness (QED) is 0.765. The molecule has 0 saturated heterocycles. The fourth-order valence-corrected chi connectivity index (χ4v) is 2.05. The van der Waals surface area contributed by atoms with Crippen LogP contribution in [0.3, 0.4) is 0 Å². The van der Waals surface area contributed by atoms with E-state index in [1.165, 1.54) is 11.1 Å². The lowest BCUT2D eigenvalue weighted by Crippen LogP contribution is -2.35. The zero-order chi connectivity index (χ0) is 15.0. The minimum Gasteiger partial charge on any atom is -0.308 e. The Morgan fingerprint density at radius 3 is 2.25 bits per heavy atom. The summed E-state index contributed by atoms with van der Waals surface area (Å²) in [5, 5.41) is 3.50. The summed E-state index contributed by atoms with van der Waals surface area (Å²) in [5.41, 5.74) is 2.81. The number of hydrogen-bond donors (Lipinski definition) is 1. The first-order chi connectivity index (χ1) is 9.44. The number of benzene rings is 1. The van der Waals surface area contributed by atoms with Crippen molar-refractivity contribution in [1.29, 1.82) is 0 Å². The summed E-state index contributed by atoms with van der Waals surface area (Å²) in [6.45, 7) is 12.4. The third-order valence-corrected chi connectivity index (χ3v) is 3.11. The molecule has 1 aromatic rings. The van der Waals surface area contributed by atoms with Crippen molar-refractivity contribution >= 4 is 0 Å². The van der Waals surface area contributed by atoms with Gasteiger partial charge in [-0.05, 0) is 44.9 Å². The SMILES string of the molecule is C#CCN(CCC)Cc1ccc(CNC(C)(C)C)cc1. The number of rotatable bonds is 7. The molecule has 0 atom stereocenters. The van der Waals surface area contributed by atoms with Crippen LogP contribution in [0.1, 0.15) is 45.2 Å². The standard InChI is InChI=1S/C18H28N2/c1-6-12-20(13-7-2)15-17-10-8-16(9-11-17)14-19-18(3,4)5/h1,8-11,19H,7,12-15H2,2-5H3. The molecule has 0 aliphatic heterocycles. The van der Waals surface area contributed by atoms with Crippen LogP contribution in [0.4, 0.5) is 0 Å². The molecular formula is C18H28N2. The van der Waals surface area contributed by atoms with E-state index >= 15 is 0 Å². The number of terminal acetylenes is 1. The van der Waals surface area contributed by atoms with Crippen LogP contribution in [0.5, 0.6) is 0 Å². The molecule has 0 unspecified atom stereocenters. The first kappa shape index (κ1) is 16.8. The molecule has 0 bridgehead atoms. The van der Waals surface area contributed by atoms with E-state index in [1.54, 1.807) is 0 Å². The fraction of sp³-hybridized carbons (Fsp3) is 0.556. The van der Waals surface area contributed by atoms with E-state index in [0.29, 0.717) is 0 Å². The van der Waals surface area contributed by atoms with Crippen LogP contribution in [0.2, 0.25) is 0 Å². The predicted molar refractivity (Wildman–Crippen MR) is 87.4 cm³/mol. The highest BCUT2D eigenvalue weighted by Gasteiger charge is 2.08. The number of nitrogens with one attached hydrogen (secondary N) is 1. The van der Waals surface area contributed by atoms with Gasteiger partial charge in [0.15, 0.2) is 0 Å². The lowest BCUT2D eigenvalue weighted by molar-refractivity contribution is 0.299. The number of hydrogen-bond acceptors (Lipinski definition) is 2. The molecule has 0 aliphatic rings. The largest absolute Gasteiger partial charge is 0.308 e. The Morgan fingerprint density at radius 1 is 1.15 bits per heavy atom. The van der Waals surface area contributed by atoms with Gasteiger partial charge in [0.25, 0.3) is 0 Å².